The number of hydrogen-bond donors (Lipinski definition) is 0. The maximum absolute atomic E-state index is 11.9. The highest BCUT2D eigenvalue weighted by atomic mass is 16.5. The average molecular weight is 248 g/mol. The number of ether oxygens (including phenoxy) is 1. The average Bonchev–Trinajstić information content (AvgIpc) is 2.36. The summed E-state index contributed by atoms with van der Waals surface area (Å²) < 4.78 is 5.40. The highest BCUT2D eigenvalue weighted by Crippen LogP contribution is 2.16. The summed E-state index contributed by atoms with van der Waals surface area (Å²) in [5, 5.41) is 0. The van der Waals surface area contributed by atoms with E-state index in [9.17, 15) is 4.79 Å². The first-order valence-corrected chi connectivity index (χ1v) is 6.85. The van der Waals surface area contributed by atoms with Gasteiger partial charge in [-0.15, -0.1) is 0 Å². The summed E-state index contributed by atoms with van der Waals surface area (Å²) in [4.78, 5) is 11.9. The van der Waals surface area contributed by atoms with Crippen LogP contribution in [0.5, 0.6) is 0 Å². The summed E-state index contributed by atoms with van der Waals surface area (Å²) in [7, 11) is 0. The third-order valence-corrected chi connectivity index (χ3v) is 3.09. The maximum atomic E-state index is 11.9. The molecule has 2 nitrogen and oxygen atoms in total. The molecule has 18 heavy (non-hydrogen) atoms. The minimum Gasteiger partial charge on any atom is -0.459 e. The fraction of sp³-hybridized carbons (Fsp3) is 0.562. The molecule has 0 spiro atoms. The van der Waals surface area contributed by atoms with Crippen molar-refractivity contribution in [2.45, 2.75) is 59.0 Å². The first-order valence-electron chi connectivity index (χ1n) is 6.85. The largest absolute Gasteiger partial charge is 0.459 e. The fourth-order valence-electron chi connectivity index (χ4n) is 1.81. The van der Waals surface area contributed by atoms with Crippen LogP contribution < -0.4 is 0 Å². The summed E-state index contributed by atoms with van der Waals surface area (Å²) in [5.74, 6) is 0.271. The molecule has 0 aliphatic rings. The molecule has 1 atom stereocenters. The van der Waals surface area contributed by atoms with Crippen molar-refractivity contribution in [3.05, 3.63) is 35.4 Å². The number of unbranched alkanes of at least 4 members (excludes halogenated alkanes) is 1. The minimum atomic E-state index is -0.214. The zero-order chi connectivity index (χ0) is 13.5. The SMILES string of the molecule is CCCC[C@H](C)OC(=O)c1ccc(C(C)C)cc1. The Morgan fingerprint density at radius 3 is 2.28 bits per heavy atom. The number of benzene rings is 1. The molecule has 0 N–H and O–H groups in total. The first-order chi connectivity index (χ1) is 8.54. The molecule has 0 radical (unpaired) electrons. The number of carbonyl (C=O) groups is 1. The molecule has 0 bridgehead atoms. The predicted molar refractivity (Wildman–Crippen MR) is 74.9 cm³/mol. The molecule has 0 fully saturated rings. The van der Waals surface area contributed by atoms with Gasteiger partial charge in [0.05, 0.1) is 11.7 Å². The summed E-state index contributed by atoms with van der Waals surface area (Å²) >= 11 is 0. The Kier molecular flexibility index (Phi) is 5.90. The zero-order valence-corrected chi connectivity index (χ0v) is 11.9. The van der Waals surface area contributed by atoms with Crippen molar-refractivity contribution >= 4 is 5.97 Å². The topological polar surface area (TPSA) is 26.3 Å². The van der Waals surface area contributed by atoms with Crippen LogP contribution in [0.15, 0.2) is 24.3 Å². The summed E-state index contributed by atoms with van der Waals surface area (Å²) in [5.41, 5.74) is 1.88. The van der Waals surface area contributed by atoms with Crippen LogP contribution in [-0.2, 0) is 4.74 Å². The zero-order valence-electron chi connectivity index (χ0n) is 11.9. The van der Waals surface area contributed by atoms with Gasteiger partial charge in [0.25, 0.3) is 0 Å². The molecular formula is C16H24O2. The van der Waals surface area contributed by atoms with E-state index in [-0.39, 0.29) is 12.1 Å². The standard InChI is InChI=1S/C16H24O2/c1-5-6-7-13(4)18-16(17)15-10-8-14(9-11-15)12(2)3/h8-13H,5-7H2,1-4H3/t13-/m0/s1. The lowest BCUT2D eigenvalue weighted by Crippen LogP contribution is -2.15. The van der Waals surface area contributed by atoms with Gasteiger partial charge in [-0.2, -0.15) is 0 Å². The van der Waals surface area contributed by atoms with E-state index in [0.717, 1.165) is 19.3 Å². The molecule has 0 aliphatic carbocycles. The van der Waals surface area contributed by atoms with Crippen molar-refractivity contribution < 1.29 is 9.53 Å². The van der Waals surface area contributed by atoms with Crippen LogP contribution in [0.2, 0.25) is 0 Å². The molecule has 2 heteroatoms. The van der Waals surface area contributed by atoms with Gasteiger partial charge in [0, 0.05) is 0 Å². The van der Waals surface area contributed by atoms with Crippen molar-refractivity contribution in [1.29, 1.82) is 0 Å². The van der Waals surface area contributed by atoms with Crippen LogP contribution in [0.4, 0.5) is 0 Å². The van der Waals surface area contributed by atoms with Crippen molar-refractivity contribution in [2.75, 3.05) is 0 Å². The van der Waals surface area contributed by atoms with Crippen molar-refractivity contribution in [2.24, 2.45) is 0 Å². The maximum Gasteiger partial charge on any atom is 0.338 e. The number of rotatable bonds is 6. The Morgan fingerprint density at radius 2 is 1.78 bits per heavy atom. The van der Waals surface area contributed by atoms with Gasteiger partial charge in [-0.25, -0.2) is 4.79 Å². The molecule has 100 valence electrons. The Bertz CT molecular complexity index is 365. The van der Waals surface area contributed by atoms with Crippen molar-refractivity contribution in [1.82, 2.24) is 0 Å². The summed E-state index contributed by atoms with van der Waals surface area (Å²) in [6.45, 7) is 8.37. The predicted octanol–water partition coefficient (Wildman–Crippen LogP) is 4.55. The molecule has 1 rings (SSSR count). The molecule has 0 aliphatic heterocycles. The van der Waals surface area contributed by atoms with Gasteiger partial charge in [-0.05, 0) is 37.0 Å². The van der Waals surface area contributed by atoms with E-state index in [1.807, 2.05) is 31.2 Å². The van der Waals surface area contributed by atoms with Crippen molar-refractivity contribution in [3.8, 4) is 0 Å². The molecule has 0 aromatic heterocycles. The van der Waals surface area contributed by atoms with Gasteiger partial charge in [0.15, 0.2) is 0 Å². The number of hydrogen-bond acceptors (Lipinski definition) is 2. The second-order valence-corrected chi connectivity index (χ2v) is 5.13. The highest BCUT2D eigenvalue weighted by Gasteiger charge is 2.11. The quantitative estimate of drug-likeness (QED) is 0.690. The molecule has 1 aromatic carbocycles. The van der Waals surface area contributed by atoms with E-state index < -0.39 is 0 Å². The number of carbonyl (C=O) groups excluding carboxylic acids is 1. The third-order valence-electron chi connectivity index (χ3n) is 3.09. The monoisotopic (exact) mass is 248 g/mol. The Labute approximate surface area is 110 Å². The van der Waals surface area contributed by atoms with Crippen LogP contribution in [0.25, 0.3) is 0 Å². The molecular weight excluding hydrogens is 224 g/mol. The van der Waals surface area contributed by atoms with E-state index in [4.69, 9.17) is 4.74 Å². The van der Waals surface area contributed by atoms with Gasteiger partial charge in [0.1, 0.15) is 0 Å². The normalized spacial score (nSPS) is 12.5. The van der Waals surface area contributed by atoms with Crippen LogP contribution in [0, 0.1) is 0 Å². The highest BCUT2D eigenvalue weighted by molar-refractivity contribution is 5.89. The second-order valence-electron chi connectivity index (χ2n) is 5.13. The van der Waals surface area contributed by atoms with Gasteiger partial charge in [-0.3, -0.25) is 0 Å². The second kappa shape index (κ2) is 7.20. The lowest BCUT2D eigenvalue weighted by Gasteiger charge is -2.13. The molecule has 0 unspecified atom stereocenters. The Hall–Kier alpha value is -1.31. The first kappa shape index (κ1) is 14.7. The Balaban J connectivity index is 2.56. The lowest BCUT2D eigenvalue weighted by molar-refractivity contribution is 0.0320. The van der Waals surface area contributed by atoms with E-state index in [1.54, 1.807) is 0 Å². The van der Waals surface area contributed by atoms with E-state index in [2.05, 4.69) is 20.8 Å². The summed E-state index contributed by atoms with van der Waals surface area (Å²) in [6, 6.07) is 7.70. The Morgan fingerprint density at radius 1 is 1.17 bits per heavy atom. The molecule has 1 aromatic rings. The van der Waals surface area contributed by atoms with E-state index in [0.29, 0.717) is 11.5 Å². The smallest absolute Gasteiger partial charge is 0.338 e. The summed E-state index contributed by atoms with van der Waals surface area (Å²) in [6.07, 6.45) is 3.17. The number of esters is 1. The third kappa shape index (κ3) is 4.52. The van der Waals surface area contributed by atoms with Gasteiger partial charge in [0.2, 0.25) is 0 Å². The van der Waals surface area contributed by atoms with Crippen molar-refractivity contribution in [3.63, 3.8) is 0 Å². The lowest BCUT2D eigenvalue weighted by atomic mass is 10.0. The van der Waals surface area contributed by atoms with E-state index >= 15 is 0 Å². The fourth-order valence-corrected chi connectivity index (χ4v) is 1.81. The molecule has 0 saturated carbocycles. The van der Waals surface area contributed by atoms with Gasteiger partial charge < -0.3 is 4.74 Å². The van der Waals surface area contributed by atoms with Gasteiger partial charge in [-0.1, -0.05) is 45.7 Å². The molecule has 0 heterocycles. The van der Waals surface area contributed by atoms with Crippen LogP contribution >= 0.6 is 0 Å². The van der Waals surface area contributed by atoms with Crippen LogP contribution in [-0.4, -0.2) is 12.1 Å². The van der Waals surface area contributed by atoms with E-state index in [1.165, 1.54) is 5.56 Å². The van der Waals surface area contributed by atoms with Crippen LogP contribution in [0.1, 0.15) is 68.8 Å². The molecule has 0 amide bonds. The molecule has 0 saturated heterocycles. The minimum absolute atomic E-state index is 0.00206. The van der Waals surface area contributed by atoms with Gasteiger partial charge >= 0.3 is 5.97 Å². The van der Waals surface area contributed by atoms with Crippen LogP contribution in [0.3, 0.4) is 0 Å².